The monoisotopic (exact) mass is 390 g/mol. The Labute approximate surface area is 165 Å². The van der Waals surface area contributed by atoms with Gasteiger partial charge in [-0.25, -0.2) is 0 Å². The van der Waals surface area contributed by atoms with E-state index >= 15 is 0 Å². The van der Waals surface area contributed by atoms with E-state index in [4.69, 9.17) is 4.74 Å². The first kappa shape index (κ1) is 19.0. The maximum Gasteiger partial charge on any atom is 0.270 e. The van der Waals surface area contributed by atoms with E-state index in [-0.39, 0.29) is 11.3 Å². The molecule has 0 saturated heterocycles. The number of hydrogen-bond acceptors (Lipinski definition) is 6. The molecule has 0 fully saturated rings. The predicted molar refractivity (Wildman–Crippen MR) is 107 cm³/mol. The van der Waals surface area contributed by atoms with Crippen molar-refractivity contribution in [1.29, 1.82) is 5.26 Å². The van der Waals surface area contributed by atoms with Crippen molar-refractivity contribution in [2.75, 3.05) is 7.11 Å². The Hall–Kier alpha value is -3.76. The van der Waals surface area contributed by atoms with E-state index in [1.165, 1.54) is 36.7 Å². The summed E-state index contributed by atoms with van der Waals surface area (Å²) in [6, 6.07) is 18.5. The van der Waals surface area contributed by atoms with Gasteiger partial charge >= 0.3 is 0 Å². The summed E-state index contributed by atoms with van der Waals surface area (Å²) in [6.07, 6.45) is 1.52. The minimum Gasteiger partial charge on any atom is -0.497 e. The fraction of sp³-hybridized carbons (Fsp3) is 0.0476. The third-order valence-electron chi connectivity index (χ3n) is 3.95. The van der Waals surface area contributed by atoms with Crippen LogP contribution in [0.2, 0.25) is 0 Å². The van der Waals surface area contributed by atoms with Gasteiger partial charge < -0.3 is 4.74 Å². The molecule has 0 aliphatic rings. The molecule has 2 aromatic carbocycles. The smallest absolute Gasteiger partial charge is 0.270 e. The Morgan fingerprint density at radius 2 is 1.96 bits per heavy atom. The number of rotatable bonds is 6. The molecule has 1 heterocycles. The van der Waals surface area contributed by atoms with Crippen molar-refractivity contribution in [2.45, 2.75) is 0 Å². The second-order valence-electron chi connectivity index (χ2n) is 5.74. The third-order valence-corrected chi connectivity index (χ3v) is 5.03. The zero-order valence-electron chi connectivity index (χ0n) is 14.8. The standard InChI is InChI=1S/C21H14N2O4S/c1-27-18-7-3-5-15(11-18)21(24)16(13-22)12-19-8-9-20(28-19)14-4-2-6-17(10-14)23(25)26/h2-12H,1H3/b16-12+. The second kappa shape index (κ2) is 8.29. The van der Waals surface area contributed by atoms with E-state index < -0.39 is 10.7 Å². The van der Waals surface area contributed by atoms with Gasteiger partial charge in [-0.05, 0) is 35.9 Å². The number of ketones is 1. The molecule has 0 unspecified atom stereocenters. The Kier molecular flexibility index (Phi) is 5.63. The quantitative estimate of drug-likeness (QED) is 0.191. The van der Waals surface area contributed by atoms with Crippen molar-refractivity contribution in [1.82, 2.24) is 0 Å². The first-order chi connectivity index (χ1) is 13.5. The highest BCUT2D eigenvalue weighted by Crippen LogP contribution is 2.31. The number of carbonyl (C=O) groups is 1. The number of hydrogen-bond donors (Lipinski definition) is 0. The summed E-state index contributed by atoms with van der Waals surface area (Å²) >= 11 is 1.34. The van der Waals surface area contributed by atoms with E-state index in [0.29, 0.717) is 21.8 Å². The van der Waals surface area contributed by atoms with Gasteiger partial charge in [0.15, 0.2) is 0 Å². The average Bonchev–Trinajstić information content (AvgIpc) is 3.20. The highest BCUT2D eigenvalue weighted by molar-refractivity contribution is 7.16. The maximum atomic E-state index is 12.6. The van der Waals surface area contributed by atoms with Crippen LogP contribution in [0.4, 0.5) is 5.69 Å². The SMILES string of the molecule is COc1cccc(C(=O)/C(C#N)=C/c2ccc(-c3cccc([N+](=O)[O-])c3)s2)c1. The molecule has 0 amide bonds. The highest BCUT2D eigenvalue weighted by atomic mass is 32.1. The van der Waals surface area contributed by atoms with Crippen LogP contribution in [0.1, 0.15) is 15.2 Å². The molecule has 0 saturated carbocycles. The number of nitrogens with zero attached hydrogens (tertiary/aromatic N) is 2. The number of thiophene rings is 1. The van der Waals surface area contributed by atoms with Gasteiger partial charge in [0, 0.05) is 27.5 Å². The Morgan fingerprint density at radius 3 is 2.68 bits per heavy atom. The number of Topliss-reactive ketones (excluding diaryl/α,β-unsaturated/α-hetero) is 1. The second-order valence-corrected chi connectivity index (χ2v) is 6.86. The fourth-order valence-electron chi connectivity index (χ4n) is 2.57. The first-order valence-electron chi connectivity index (χ1n) is 8.17. The minimum atomic E-state index is -0.446. The molecule has 6 nitrogen and oxygen atoms in total. The topological polar surface area (TPSA) is 93.2 Å². The van der Waals surface area contributed by atoms with Crippen molar-refractivity contribution >= 4 is 28.9 Å². The van der Waals surface area contributed by atoms with Gasteiger partial charge in [0.05, 0.1) is 12.0 Å². The molecule has 1 aromatic heterocycles. The summed E-state index contributed by atoms with van der Waals surface area (Å²) in [4.78, 5) is 24.6. The van der Waals surface area contributed by atoms with Crippen LogP contribution >= 0.6 is 11.3 Å². The van der Waals surface area contributed by atoms with Gasteiger partial charge in [-0.15, -0.1) is 11.3 Å². The first-order valence-corrected chi connectivity index (χ1v) is 8.98. The molecule has 0 radical (unpaired) electrons. The van der Waals surface area contributed by atoms with Gasteiger partial charge in [-0.1, -0.05) is 24.3 Å². The molecular weight excluding hydrogens is 376 g/mol. The molecule has 0 bridgehead atoms. The molecule has 0 aliphatic carbocycles. The number of benzene rings is 2. The van der Waals surface area contributed by atoms with Gasteiger partial charge in [0.2, 0.25) is 5.78 Å². The van der Waals surface area contributed by atoms with Crippen LogP contribution in [0, 0.1) is 21.4 Å². The lowest BCUT2D eigenvalue weighted by Gasteiger charge is -2.02. The summed E-state index contributed by atoms with van der Waals surface area (Å²) in [5.41, 5.74) is 1.08. The molecule has 3 rings (SSSR count). The van der Waals surface area contributed by atoms with Crippen molar-refractivity contribution in [3.8, 4) is 22.3 Å². The van der Waals surface area contributed by atoms with Gasteiger partial charge in [-0.3, -0.25) is 14.9 Å². The van der Waals surface area contributed by atoms with Crippen molar-refractivity contribution < 1.29 is 14.5 Å². The number of methoxy groups -OCH3 is 1. The molecular formula is C21H14N2O4S. The van der Waals surface area contributed by atoms with Crippen LogP contribution in [0.25, 0.3) is 16.5 Å². The lowest BCUT2D eigenvalue weighted by Crippen LogP contribution is -2.02. The largest absolute Gasteiger partial charge is 0.497 e. The molecule has 0 aliphatic heterocycles. The number of nitro groups is 1. The van der Waals surface area contributed by atoms with E-state index in [1.54, 1.807) is 48.5 Å². The van der Waals surface area contributed by atoms with Crippen LogP contribution in [0.15, 0.2) is 66.2 Å². The van der Waals surface area contributed by atoms with E-state index in [0.717, 1.165) is 4.88 Å². The zero-order valence-corrected chi connectivity index (χ0v) is 15.6. The average molecular weight is 390 g/mol. The van der Waals surface area contributed by atoms with Gasteiger partial charge in [0.1, 0.15) is 17.4 Å². The Bertz CT molecular complexity index is 1130. The third kappa shape index (κ3) is 4.14. The van der Waals surface area contributed by atoms with Crippen molar-refractivity contribution in [3.63, 3.8) is 0 Å². The molecule has 0 spiro atoms. The molecule has 138 valence electrons. The van der Waals surface area contributed by atoms with Crippen molar-refractivity contribution in [2.24, 2.45) is 0 Å². The van der Waals surface area contributed by atoms with Gasteiger partial charge in [0.25, 0.3) is 5.69 Å². The van der Waals surface area contributed by atoms with Crippen molar-refractivity contribution in [3.05, 3.63) is 86.8 Å². The van der Waals surface area contributed by atoms with Crippen LogP contribution in [-0.4, -0.2) is 17.8 Å². The normalized spacial score (nSPS) is 10.9. The molecule has 0 atom stereocenters. The number of carbonyl (C=O) groups excluding carboxylic acids is 1. The molecule has 3 aromatic rings. The van der Waals surface area contributed by atoms with E-state index in [9.17, 15) is 20.2 Å². The summed E-state index contributed by atoms with van der Waals surface area (Å²) in [6.45, 7) is 0. The zero-order chi connectivity index (χ0) is 20.1. The molecule has 0 N–H and O–H groups in total. The number of non-ortho nitro benzene ring substituents is 1. The number of nitro benzene ring substituents is 1. The lowest BCUT2D eigenvalue weighted by molar-refractivity contribution is -0.384. The Morgan fingerprint density at radius 1 is 1.18 bits per heavy atom. The molecule has 28 heavy (non-hydrogen) atoms. The number of ether oxygens (including phenoxy) is 1. The van der Waals surface area contributed by atoms with Crippen LogP contribution in [-0.2, 0) is 0 Å². The Balaban J connectivity index is 1.90. The molecule has 7 heteroatoms. The summed E-state index contributed by atoms with van der Waals surface area (Å²) in [7, 11) is 1.51. The predicted octanol–water partition coefficient (Wildman–Crippen LogP) is 5.12. The van der Waals surface area contributed by atoms with Crippen LogP contribution in [0.5, 0.6) is 5.75 Å². The summed E-state index contributed by atoms with van der Waals surface area (Å²) < 4.78 is 5.11. The van der Waals surface area contributed by atoms with Crippen LogP contribution < -0.4 is 4.74 Å². The maximum absolute atomic E-state index is 12.6. The van der Waals surface area contributed by atoms with E-state index in [1.807, 2.05) is 6.07 Å². The lowest BCUT2D eigenvalue weighted by atomic mass is 10.0. The summed E-state index contributed by atoms with van der Waals surface area (Å²) in [5.74, 6) is 0.138. The number of nitriles is 1. The van der Waals surface area contributed by atoms with Crippen LogP contribution in [0.3, 0.4) is 0 Å². The fourth-order valence-corrected chi connectivity index (χ4v) is 3.52. The number of allylic oxidation sites excluding steroid dienone is 1. The van der Waals surface area contributed by atoms with E-state index in [2.05, 4.69) is 0 Å². The minimum absolute atomic E-state index is 0.000644. The summed E-state index contributed by atoms with van der Waals surface area (Å²) in [5, 5.41) is 20.4. The highest BCUT2D eigenvalue weighted by Gasteiger charge is 2.14. The van der Waals surface area contributed by atoms with Gasteiger partial charge in [-0.2, -0.15) is 5.26 Å².